The van der Waals surface area contributed by atoms with Crippen LogP contribution in [0.1, 0.15) is 72.6 Å². The number of guanidine groups is 1. The van der Waals surface area contributed by atoms with E-state index in [1.54, 1.807) is 0 Å². The quantitative estimate of drug-likeness (QED) is 0.274. The van der Waals surface area contributed by atoms with Crippen LogP contribution in [0.2, 0.25) is 0 Å². The maximum absolute atomic E-state index is 4.73. The lowest BCUT2D eigenvalue weighted by atomic mass is 10.0. The van der Waals surface area contributed by atoms with E-state index in [0.29, 0.717) is 0 Å². The van der Waals surface area contributed by atoms with E-state index in [-0.39, 0.29) is 0 Å². The highest BCUT2D eigenvalue weighted by atomic mass is 15.3. The molecule has 0 aromatic heterocycles. The summed E-state index contributed by atoms with van der Waals surface area (Å²) >= 11 is 0. The van der Waals surface area contributed by atoms with E-state index >= 15 is 0 Å². The van der Waals surface area contributed by atoms with Crippen molar-refractivity contribution in [2.24, 2.45) is 10.9 Å². The maximum Gasteiger partial charge on any atom is 0.191 e. The van der Waals surface area contributed by atoms with Gasteiger partial charge < -0.3 is 20.4 Å². The number of nitrogens with one attached hydrogen (secondary N) is 2. The molecule has 1 aliphatic rings. The van der Waals surface area contributed by atoms with Crippen LogP contribution in [-0.4, -0.2) is 74.7 Å². The second kappa shape index (κ2) is 16.2. The van der Waals surface area contributed by atoms with Gasteiger partial charge in [0.15, 0.2) is 5.96 Å². The number of rotatable bonds is 14. The lowest BCUT2D eigenvalue weighted by molar-refractivity contribution is 0.136. The van der Waals surface area contributed by atoms with Crippen molar-refractivity contribution in [1.82, 2.24) is 20.4 Å². The molecule has 0 unspecified atom stereocenters. The zero-order valence-corrected chi connectivity index (χ0v) is 18.7. The number of hydrogen-bond donors (Lipinski definition) is 2. The van der Waals surface area contributed by atoms with Gasteiger partial charge in [-0.2, -0.15) is 0 Å². The number of aliphatic imine (C=N–C) groups is 1. The van der Waals surface area contributed by atoms with Gasteiger partial charge in [0, 0.05) is 45.8 Å². The fourth-order valence-corrected chi connectivity index (χ4v) is 3.55. The second-order valence-corrected chi connectivity index (χ2v) is 8.27. The molecule has 0 bridgehead atoms. The lowest BCUT2D eigenvalue weighted by Crippen LogP contribution is -2.46. The molecule has 160 valence electrons. The van der Waals surface area contributed by atoms with Gasteiger partial charge in [0.1, 0.15) is 0 Å². The van der Waals surface area contributed by atoms with Crippen LogP contribution < -0.4 is 10.6 Å². The Balaban J connectivity index is 2.05. The summed E-state index contributed by atoms with van der Waals surface area (Å²) in [7, 11) is 0. The van der Waals surface area contributed by atoms with Crippen LogP contribution in [0.5, 0.6) is 0 Å². The van der Waals surface area contributed by atoms with E-state index in [2.05, 4.69) is 48.1 Å². The van der Waals surface area contributed by atoms with E-state index < -0.39 is 0 Å². The van der Waals surface area contributed by atoms with Gasteiger partial charge in [0.25, 0.3) is 0 Å². The molecule has 5 heteroatoms. The van der Waals surface area contributed by atoms with Gasteiger partial charge in [-0.05, 0) is 45.2 Å². The van der Waals surface area contributed by atoms with Gasteiger partial charge in [-0.3, -0.25) is 4.99 Å². The van der Waals surface area contributed by atoms with E-state index in [4.69, 9.17) is 4.99 Å². The van der Waals surface area contributed by atoms with Crippen LogP contribution in [0, 0.1) is 5.92 Å². The average molecular weight is 382 g/mol. The normalized spacial score (nSPS) is 16.9. The Bertz CT molecular complexity index is 362. The van der Waals surface area contributed by atoms with Crippen LogP contribution in [0.3, 0.4) is 0 Å². The van der Waals surface area contributed by atoms with Gasteiger partial charge in [-0.25, -0.2) is 0 Å². The molecule has 0 amide bonds. The number of nitrogens with zero attached hydrogens (tertiary/aromatic N) is 3. The Morgan fingerprint density at radius 2 is 1.56 bits per heavy atom. The standard InChI is InChI=1S/C22H47N5/c1-5-23-22(24-14-10-8-7-9-13-21(3)4)25-15-11-12-16-27-19-17-26(6-2)18-20-27/h21H,5-20H2,1-4H3,(H2,23,24,25). The molecular weight excluding hydrogens is 334 g/mol. The van der Waals surface area contributed by atoms with Gasteiger partial charge in [-0.15, -0.1) is 0 Å². The fourth-order valence-electron chi connectivity index (χ4n) is 3.55. The van der Waals surface area contributed by atoms with E-state index in [1.165, 1.54) is 84.2 Å². The molecule has 0 aromatic rings. The third kappa shape index (κ3) is 13.1. The Morgan fingerprint density at radius 1 is 0.852 bits per heavy atom. The molecule has 1 aliphatic heterocycles. The predicted octanol–water partition coefficient (Wildman–Crippen LogP) is 3.57. The first-order chi connectivity index (χ1) is 13.2. The van der Waals surface area contributed by atoms with Crippen molar-refractivity contribution in [3.63, 3.8) is 0 Å². The molecule has 0 aromatic carbocycles. The van der Waals surface area contributed by atoms with Crippen molar-refractivity contribution in [3.8, 4) is 0 Å². The summed E-state index contributed by atoms with van der Waals surface area (Å²) in [6.07, 6.45) is 9.08. The van der Waals surface area contributed by atoms with Crippen molar-refractivity contribution in [3.05, 3.63) is 0 Å². The second-order valence-electron chi connectivity index (χ2n) is 8.27. The Morgan fingerprint density at radius 3 is 2.22 bits per heavy atom. The summed E-state index contributed by atoms with van der Waals surface area (Å²) in [6.45, 7) is 19.3. The molecule has 0 radical (unpaired) electrons. The van der Waals surface area contributed by atoms with Crippen molar-refractivity contribution in [2.45, 2.75) is 72.6 Å². The van der Waals surface area contributed by atoms with E-state index in [0.717, 1.165) is 31.5 Å². The molecule has 0 spiro atoms. The molecular formula is C22H47N5. The minimum atomic E-state index is 0.841. The molecule has 1 saturated heterocycles. The first-order valence-electron chi connectivity index (χ1n) is 11.6. The Hall–Kier alpha value is -0.810. The zero-order chi connectivity index (χ0) is 19.7. The van der Waals surface area contributed by atoms with Gasteiger partial charge >= 0.3 is 0 Å². The third-order valence-corrected chi connectivity index (χ3v) is 5.41. The fraction of sp³-hybridized carbons (Fsp3) is 0.955. The van der Waals surface area contributed by atoms with Crippen molar-refractivity contribution in [1.29, 1.82) is 0 Å². The van der Waals surface area contributed by atoms with Gasteiger partial charge in [0.05, 0.1) is 0 Å². The summed E-state index contributed by atoms with van der Waals surface area (Å²) in [5.41, 5.74) is 0. The van der Waals surface area contributed by atoms with E-state index in [9.17, 15) is 0 Å². The highest BCUT2D eigenvalue weighted by molar-refractivity contribution is 5.79. The van der Waals surface area contributed by atoms with Crippen molar-refractivity contribution < 1.29 is 0 Å². The molecule has 1 rings (SSSR count). The topological polar surface area (TPSA) is 42.9 Å². The van der Waals surface area contributed by atoms with Gasteiger partial charge in [-0.1, -0.05) is 46.5 Å². The average Bonchev–Trinajstić information content (AvgIpc) is 2.67. The highest BCUT2D eigenvalue weighted by Gasteiger charge is 2.14. The summed E-state index contributed by atoms with van der Waals surface area (Å²) in [5.74, 6) is 1.84. The van der Waals surface area contributed by atoms with Crippen LogP contribution in [-0.2, 0) is 0 Å². The Labute approximate surface area is 169 Å². The van der Waals surface area contributed by atoms with Gasteiger partial charge in [0.2, 0.25) is 0 Å². The number of likely N-dealkylation sites (N-methyl/N-ethyl adjacent to an activating group) is 1. The summed E-state index contributed by atoms with van der Waals surface area (Å²) < 4.78 is 0. The summed E-state index contributed by atoms with van der Waals surface area (Å²) in [6, 6.07) is 0. The molecule has 0 atom stereocenters. The molecule has 1 fully saturated rings. The molecule has 1 heterocycles. The predicted molar refractivity (Wildman–Crippen MR) is 120 cm³/mol. The third-order valence-electron chi connectivity index (χ3n) is 5.41. The van der Waals surface area contributed by atoms with Crippen LogP contribution in [0.15, 0.2) is 4.99 Å². The molecule has 0 saturated carbocycles. The number of hydrogen-bond acceptors (Lipinski definition) is 3. The number of piperazine rings is 1. The minimum Gasteiger partial charge on any atom is -0.357 e. The molecule has 5 nitrogen and oxygen atoms in total. The highest BCUT2D eigenvalue weighted by Crippen LogP contribution is 2.09. The smallest absolute Gasteiger partial charge is 0.191 e. The van der Waals surface area contributed by atoms with Crippen molar-refractivity contribution in [2.75, 3.05) is 58.9 Å². The SMILES string of the molecule is CCNC(=NCCCCCCC(C)C)NCCCCN1CCN(CC)CC1. The molecule has 2 N–H and O–H groups in total. The van der Waals surface area contributed by atoms with Crippen LogP contribution in [0.4, 0.5) is 0 Å². The molecule has 27 heavy (non-hydrogen) atoms. The first kappa shape index (κ1) is 24.2. The number of unbranched alkanes of at least 4 members (excludes halogenated alkanes) is 4. The van der Waals surface area contributed by atoms with Crippen LogP contribution >= 0.6 is 0 Å². The molecule has 0 aliphatic carbocycles. The Kier molecular flexibility index (Phi) is 14.5. The van der Waals surface area contributed by atoms with E-state index in [1.807, 2.05) is 0 Å². The maximum atomic E-state index is 4.73. The van der Waals surface area contributed by atoms with Crippen molar-refractivity contribution >= 4 is 5.96 Å². The van der Waals surface area contributed by atoms with Crippen LogP contribution in [0.25, 0.3) is 0 Å². The monoisotopic (exact) mass is 381 g/mol. The zero-order valence-electron chi connectivity index (χ0n) is 18.7. The lowest BCUT2D eigenvalue weighted by Gasteiger charge is -2.34. The summed E-state index contributed by atoms with van der Waals surface area (Å²) in [5, 5.41) is 6.88. The largest absolute Gasteiger partial charge is 0.357 e. The minimum absolute atomic E-state index is 0.841. The first-order valence-corrected chi connectivity index (χ1v) is 11.6. The summed E-state index contributed by atoms with van der Waals surface area (Å²) in [4.78, 5) is 9.89.